The molecule has 162 valence electrons. The molecule has 2 N–H and O–H groups in total. The quantitative estimate of drug-likeness (QED) is 0.625. The van der Waals surface area contributed by atoms with Gasteiger partial charge in [0.25, 0.3) is 0 Å². The van der Waals surface area contributed by atoms with Crippen LogP contribution in [0, 0.1) is 12.8 Å². The smallest absolute Gasteiger partial charge is 0.412 e. The number of hydrogen-bond donors (Lipinski definition) is 2. The SMILES string of the molecule is Cc1ccc(Oc2ccc3nc(NC(=O)C4CC4)nn3c2)cc1NC(=O)OC(C)(C)C. The van der Waals surface area contributed by atoms with Gasteiger partial charge >= 0.3 is 6.09 Å². The Morgan fingerprint density at radius 2 is 1.84 bits per heavy atom. The van der Waals surface area contributed by atoms with Crippen LogP contribution in [0.2, 0.25) is 0 Å². The maximum absolute atomic E-state index is 12.1. The van der Waals surface area contributed by atoms with E-state index in [1.54, 1.807) is 28.9 Å². The molecule has 9 heteroatoms. The van der Waals surface area contributed by atoms with E-state index in [2.05, 4.69) is 20.7 Å². The standard InChI is InChI=1S/C22H25N5O4/c1-13-5-8-15(11-17(13)23-21(29)31-22(2,3)4)30-16-9-10-18-24-20(26-27(18)12-16)25-19(28)14-6-7-14/h5,8-12,14H,6-7H2,1-4H3,(H,23,29)(H,25,26,28). The molecular weight excluding hydrogens is 398 g/mol. The lowest BCUT2D eigenvalue weighted by Crippen LogP contribution is -2.27. The van der Waals surface area contributed by atoms with Gasteiger partial charge in [-0.15, -0.1) is 5.10 Å². The van der Waals surface area contributed by atoms with E-state index in [9.17, 15) is 9.59 Å². The summed E-state index contributed by atoms with van der Waals surface area (Å²) in [5.41, 5.74) is 1.48. The average Bonchev–Trinajstić information content (AvgIpc) is 3.44. The summed E-state index contributed by atoms with van der Waals surface area (Å²) in [6.45, 7) is 7.31. The number of rotatable bonds is 5. The molecular formula is C22H25N5O4. The number of ether oxygens (including phenoxy) is 2. The first-order valence-corrected chi connectivity index (χ1v) is 10.1. The van der Waals surface area contributed by atoms with E-state index in [0.717, 1.165) is 18.4 Å². The minimum absolute atomic E-state index is 0.0444. The molecule has 1 aliphatic carbocycles. The first-order valence-electron chi connectivity index (χ1n) is 10.1. The van der Waals surface area contributed by atoms with Crippen molar-refractivity contribution in [1.82, 2.24) is 14.6 Å². The van der Waals surface area contributed by atoms with Crippen LogP contribution in [0.25, 0.3) is 5.65 Å². The van der Waals surface area contributed by atoms with E-state index < -0.39 is 11.7 Å². The Morgan fingerprint density at radius 3 is 2.55 bits per heavy atom. The van der Waals surface area contributed by atoms with Crippen molar-refractivity contribution in [2.75, 3.05) is 10.6 Å². The summed E-state index contributed by atoms with van der Waals surface area (Å²) < 4.78 is 12.8. The van der Waals surface area contributed by atoms with Crippen LogP contribution in [0.15, 0.2) is 36.5 Å². The fourth-order valence-corrected chi connectivity index (χ4v) is 2.88. The maximum atomic E-state index is 12.1. The zero-order chi connectivity index (χ0) is 22.2. The molecule has 0 saturated heterocycles. The van der Waals surface area contributed by atoms with E-state index in [1.165, 1.54) is 0 Å². The van der Waals surface area contributed by atoms with E-state index in [-0.39, 0.29) is 17.8 Å². The van der Waals surface area contributed by atoms with Crippen LogP contribution in [0.3, 0.4) is 0 Å². The van der Waals surface area contributed by atoms with Crippen molar-refractivity contribution in [2.45, 2.75) is 46.1 Å². The van der Waals surface area contributed by atoms with Crippen LogP contribution in [-0.2, 0) is 9.53 Å². The molecule has 31 heavy (non-hydrogen) atoms. The lowest BCUT2D eigenvalue weighted by molar-refractivity contribution is -0.117. The number of carbonyl (C=O) groups is 2. The number of benzene rings is 1. The first-order chi connectivity index (χ1) is 14.7. The largest absolute Gasteiger partial charge is 0.456 e. The van der Waals surface area contributed by atoms with Crippen LogP contribution in [0.4, 0.5) is 16.4 Å². The average molecular weight is 423 g/mol. The molecule has 9 nitrogen and oxygen atoms in total. The van der Waals surface area contributed by atoms with E-state index >= 15 is 0 Å². The number of hydrogen-bond acceptors (Lipinski definition) is 6. The minimum Gasteiger partial charge on any atom is -0.456 e. The predicted molar refractivity (Wildman–Crippen MR) is 115 cm³/mol. The molecule has 0 spiro atoms. The molecule has 2 aromatic heterocycles. The highest BCUT2D eigenvalue weighted by Crippen LogP contribution is 2.30. The van der Waals surface area contributed by atoms with Gasteiger partial charge in [0.2, 0.25) is 11.9 Å². The number of carbonyl (C=O) groups excluding carboxylic acids is 2. The van der Waals surface area contributed by atoms with Crippen molar-refractivity contribution in [3.63, 3.8) is 0 Å². The third-order valence-corrected chi connectivity index (χ3v) is 4.57. The highest BCUT2D eigenvalue weighted by atomic mass is 16.6. The second kappa shape index (κ2) is 7.90. The van der Waals surface area contributed by atoms with Crippen LogP contribution < -0.4 is 15.4 Å². The molecule has 4 rings (SSSR count). The molecule has 0 unspecified atom stereocenters. The lowest BCUT2D eigenvalue weighted by atomic mass is 10.2. The predicted octanol–water partition coefficient (Wildman–Crippen LogP) is 4.53. The molecule has 0 atom stereocenters. The molecule has 0 radical (unpaired) electrons. The topological polar surface area (TPSA) is 107 Å². The Hall–Kier alpha value is -3.62. The Kier molecular flexibility index (Phi) is 5.26. The number of nitrogens with one attached hydrogen (secondary N) is 2. The van der Waals surface area contributed by atoms with Gasteiger partial charge in [0.05, 0.1) is 11.9 Å². The van der Waals surface area contributed by atoms with Gasteiger partial charge in [-0.05, 0) is 64.3 Å². The molecule has 1 aliphatic rings. The van der Waals surface area contributed by atoms with Crippen LogP contribution in [0.5, 0.6) is 11.5 Å². The molecule has 2 amide bonds. The fraction of sp³-hybridized carbons (Fsp3) is 0.364. The summed E-state index contributed by atoms with van der Waals surface area (Å²) in [6.07, 6.45) is 2.98. The van der Waals surface area contributed by atoms with Gasteiger partial charge in [-0.3, -0.25) is 15.4 Å². The van der Waals surface area contributed by atoms with Crippen molar-refractivity contribution in [2.24, 2.45) is 5.92 Å². The van der Waals surface area contributed by atoms with E-state index in [4.69, 9.17) is 9.47 Å². The van der Waals surface area contributed by atoms with Gasteiger partial charge in [0.1, 0.15) is 17.1 Å². The van der Waals surface area contributed by atoms with E-state index in [0.29, 0.717) is 22.8 Å². The van der Waals surface area contributed by atoms with Gasteiger partial charge in [-0.1, -0.05) is 6.07 Å². The Labute approximate surface area is 179 Å². The summed E-state index contributed by atoms with van der Waals surface area (Å²) in [6, 6.07) is 8.90. The number of pyridine rings is 1. The van der Waals surface area contributed by atoms with Crippen LogP contribution in [0.1, 0.15) is 39.2 Å². The molecule has 0 bridgehead atoms. The van der Waals surface area contributed by atoms with Crippen LogP contribution in [-0.4, -0.2) is 32.2 Å². The van der Waals surface area contributed by atoms with Gasteiger partial charge in [-0.25, -0.2) is 9.31 Å². The van der Waals surface area contributed by atoms with Crippen molar-refractivity contribution in [3.8, 4) is 11.5 Å². The maximum Gasteiger partial charge on any atom is 0.412 e. The number of fused-ring (bicyclic) bond motifs is 1. The lowest BCUT2D eigenvalue weighted by Gasteiger charge is -2.20. The van der Waals surface area contributed by atoms with Crippen LogP contribution >= 0.6 is 0 Å². The first kappa shape index (κ1) is 20.6. The Balaban J connectivity index is 1.47. The summed E-state index contributed by atoms with van der Waals surface area (Å²) in [4.78, 5) is 28.3. The third kappa shape index (κ3) is 5.30. The highest BCUT2D eigenvalue weighted by Gasteiger charge is 2.30. The molecule has 2 heterocycles. The van der Waals surface area contributed by atoms with Gasteiger partial charge in [0, 0.05) is 12.0 Å². The second-order valence-electron chi connectivity index (χ2n) is 8.57. The number of amides is 2. The number of aromatic nitrogens is 3. The zero-order valence-corrected chi connectivity index (χ0v) is 17.9. The molecule has 1 aromatic carbocycles. The van der Waals surface area contributed by atoms with Gasteiger partial charge < -0.3 is 9.47 Å². The fourth-order valence-electron chi connectivity index (χ4n) is 2.88. The van der Waals surface area contributed by atoms with E-state index in [1.807, 2.05) is 39.8 Å². The number of nitrogens with zero attached hydrogens (tertiary/aromatic N) is 3. The zero-order valence-electron chi connectivity index (χ0n) is 17.9. The number of anilines is 2. The monoisotopic (exact) mass is 423 g/mol. The molecule has 1 saturated carbocycles. The van der Waals surface area contributed by atoms with Crippen molar-refractivity contribution in [1.29, 1.82) is 0 Å². The summed E-state index contributed by atoms with van der Waals surface area (Å²) >= 11 is 0. The Bertz CT molecular complexity index is 1140. The summed E-state index contributed by atoms with van der Waals surface area (Å²) in [5, 5.41) is 9.78. The second-order valence-corrected chi connectivity index (χ2v) is 8.57. The highest BCUT2D eigenvalue weighted by molar-refractivity contribution is 5.92. The Morgan fingerprint density at radius 1 is 1.10 bits per heavy atom. The molecule has 1 fully saturated rings. The summed E-state index contributed by atoms with van der Waals surface area (Å²) in [5.74, 6) is 1.38. The third-order valence-electron chi connectivity index (χ3n) is 4.57. The van der Waals surface area contributed by atoms with Crippen molar-refractivity contribution < 1.29 is 19.1 Å². The number of aryl methyl sites for hydroxylation is 1. The van der Waals surface area contributed by atoms with Crippen molar-refractivity contribution in [3.05, 3.63) is 42.1 Å². The van der Waals surface area contributed by atoms with Gasteiger partial charge in [-0.2, -0.15) is 4.98 Å². The molecule has 3 aromatic rings. The van der Waals surface area contributed by atoms with Crippen molar-refractivity contribution >= 4 is 29.3 Å². The minimum atomic E-state index is -0.587. The summed E-state index contributed by atoms with van der Waals surface area (Å²) in [7, 11) is 0. The van der Waals surface area contributed by atoms with Gasteiger partial charge in [0.15, 0.2) is 5.65 Å². The molecule has 0 aliphatic heterocycles. The normalized spacial score (nSPS) is 13.7.